The first-order valence-electron chi connectivity index (χ1n) is 4.67. The number of hydrogen-bond acceptors (Lipinski definition) is 1. The Morgan fingerprint density at radius 1 is 1.43 bits per heavy atom. The summed E-state index contributed by atoms with van der Waals surface area (Å²) >= 11 is 2.63. The maximum atomic E-state index is 4.12. The number of likely N-dealkylation sites (N-methyl/N-ethyl adjacent to an activating group) is 1. The zero-order valence-corrected chi connectivity index (χ0v) is 9.94. The Bertz CT molecular complexity index is 420. The summed E-state index contributed by atoms with van der Waals surface area (Å²) in [5, 5.41) is 0. The van der Waals surface area contributed by atoms with Crippen LogP contribution in [-0.4, -0.2) is 16.3 Å². The Morgan fingerprint density at radius 2 is 2.14 bits per heavy atom. The molecule has 0 aliphatic carbocycles. The quantitative estimate of drug-likeness (QED) is 0.650. The number of hydrogen-bond donors (Lipinski definition) is 0. The molecule has 0 unspecified atom stereocenters. The van der Waals surface area contributed by atoms with Crippen LogP contribution in [0.2, 0.25) is 0 Å². The van der Waals surface area contributed by atoms with Crippen molar-refractivity contribution in [2.45, 2.75) is 13.3 Å². The van der Waals surface area contributed by atoms with Crippen molar-refractivity contribution in [3.8, 4) is 0 Å². The molecule has 0 saturated heterocycles. The van der Waals surface area contributed by atoms with Gasteiger partial charge in [0.05, 0.1) is 0 Å². The van der Waals surface area contributed by atoms with Crippen LogP contribution in [0.15, 0.2) is 24.8 Å². The minimum atomic E-state index is 1.02. The van der Waals surface area contributed by atoms with Gasteiger partial charge >= 0.3 is 93.8 Å². The number of benzene rings is 1. The molecular formula is C12H13NV. The van der Waals surface area contributed by atoms with Crippen molar-refractivity contribution in [2.24, 2.45) is 0 Å². The van der Waals surface area contributed by atoms with E-state index in [1.807, 2.05) is 0 Å². The van der Waals surface area contributed by atoms with E-state index in [1.165, 1.54) is 21.0 Å². The van der Waals surface area contributed by atoms with Gasteiger partial charge in [-0.1, -0.05) is 0 Å². The molecule has 0 bridgehead atoms. The molecule has 0 N–H and O–H groups in total. The molecule has 1 aliphatic heterocycles. The fourth-order valence-corrected chi connectivity index (χ4v) is 2.19. The third-order valence-electron chi connectivity index (χ3n) is 2.72. The summed E-state index contributed by atoms with van der Waals surface area (Å²) in [6.45, 7) is 6.24. The summed E-state index contributed by atoms with van der Waals surface area (Å²) in [4.78, 5) is 2.15. The third kappa shape index (κ3) is 1.47. The fraction of sp³-hybridized carbons (Fsp3) is 0.250. The second-order valence-electron chi connectivity index (χ2n) is 3.76. The Hall–Kier alpha value is -0.786. The van der Waals surface area contributed by atoms with Crippen LogP contribution in [0.25, 0.3) is 5.70 Å². The van der Waals surface area contributed by atoms with Crippen molar-refractivity contribution in [1.82, 2.24) is 4.90 Å². The van der Waals surface area contributed by atoms with Gasteiger partial charge in [0.25, 0.3) is 0 Å². The monoisotopic (exact) mass is 222 g/mol. The average Bonchev–Trinajstić information content (AvgIpc) is 2.16. The van der Waals surface area contributed by atoms with E-state index in [4.69, 9.17) is 0 Å². The molecule has 0 amide bonds. The minimum absolute atomic E-state index is 1.02. The molecule has 0 aromatic heterocycles. The summed E-state index contributed by atoms with van der Waals surface area (Å²) in [5.41, 5.74) is 5.08. The molecule has 0 atom stereocenters. The van der Waals surface area contributed by atoms with E-state index in [-0.39, 0.29) is 0 Å². The molecule has 1 aromatic rings. The van der Waals surface area contributed by atoms with Gasteiger partial charge < -0.3 is 0 Å². The zero-order chi connectivity index (χ0) is 10.3. The van der Waals surface area contributed by atoms with Gasteiger partial charge in [-0.05, 0) is 0 Å². The van der Waals surface area contributed by atoms with Crippen molar-refractivity contribution >= 4 is 10.0 Å². The molecule has 1 aromatic carbocycles. The van der Waals surface area contributed by atoms with Gasteiger partial charge in [-0.25, -0.2) is 0 Å². The van der Waals surface area contributed by atoms with Crippen LogP contribution in [0.4, 0.5) is 0 Å². The number of nitrogens with zero attached hydrogens (tertiary/aromatic N) is 1. The van der Waals surface area contributed by atoms with Crippen molar-refractivity contribution in [1.29, 1.82) is 0 Å². The Balaban J connectivity index is 2.57. The predicted molar refractivity (Wildman–Crippen MR) is 56.7 cm³/mol. The van der Waals surface area contributed by atoms with Crippen LogP contribution in [0.3, 0.4) is 0 Å². The molecular weight excluding hydrogens is 209 g/mol. The third-order valence-corrected chi connectivity index (χ3v) is 3.43. The maximum absolute atomic E-state index is 4.12. The molecule has 0 spiro atoms. The second-order valence-corrected chi connectivity index (χ2v) is 4.57. The summed E-state index contributed by atoms with van der Waals surface area (Å²) in [6, 6.07) is 6.58. The normalized spacial score (nSPS) is 15.6. The Labute approximate surface area is 93.9 Å². The van der Waals surface area contributed by atoms with E-state index in [1.54, 1.807) is 0 Å². The second kappa shape index (κ2) is 3.41. The molecule has 0 saturated carbocycles. The number of fused-ring (bicyclic) bond motifs is 1. The first-order valence-corrected chi connectivity index (χ1v) is 5.37. The SMILES string of the molecule is C=C1c2cc(C)ccc2C[C](=[V])N1C. The van der Waals surface area contributed by atoms with Crippen molar-refractivity contribution in [2.75, 3.05) is 7.05 Å². The standard InChI is InChI=1S/C12H13N.V/c1-9-4-5-11-6-7-13(3)10(2)12(11)8-9;/h4-5,8H,2,6H2,1,3H3;. The van der Waals surface area contributed by atoms with Crippen LogP contribution in [0, 0.1) is 6.92 Å². The van der Waals surface area contributed by atoms with Gasteiger partial charge in [-0.15, -0.1) is 0 Å². The fourth-order valence-electron chi connectivity index (χ4n) is 1.74. The van der Waals surface area contributed by atoms with Gasteiger partial charge in [0.15, 0.2) is 0 Å². The Kier molecular flexibility index (Phi) is 2.38. The van der Waals surface area contributed by atoms with Gasteiger partial charge in [0.1, 0.15) is 0 Å². The summed E-state index contributed by atoms with van der Waals surface area (Å²) in [5.74, 6) is 0. The van der Waals surface area contributed by atoms with Gasteiger partial charge in [0.2, 0.25) is 0 Å². The van der Waals surface area contributed by atoms with E-state index in [0.717, 1.165) is 12.1 Å². The summed E-state index contributed by atoms with van der Waals surface area (Å²) < 4.78 is 1.30. The van der Waals surface area contributed by atoms with Gasteiger partial charge in [-0.2, -0.15) is 0 Å². The molecule has 0 radical (unpaired) electrons. The molecule has 2 heteroatoms. The van der Waals surface area contributed by atoms with Crippen LogP contribution < -0.4 is 0 Å². The van der Waals surface area contributed by atoms with Crippen LogP contribution in [0.1, 0.15) is 16.7 Å². The first kappa shape index (κ1) is 9.76. The zero-order valence-electron chi connectivity index (χ0n) is 8.54. The van der Waals surface area contributed by atoms with Crippen molar-refractivity contribution in [3.05, 3.63) is 41.5 Å². The van der Waals surface area contributed by atoms with E-state index in [0.29, 0.717) is 0 Å². The average molecular weight is 222 g/mol. The molecule has 14 heavy (non-hydrogen) atoms. The van der Waals surface area contributed by atoms with Crippen LogP contribution >= 0.6 is 0 Å². The molecule has 2 rings (SSSR count). The van der Waals surface area contributed by atoms with E-state index in [9.17, 15) is 0 Å². The molecule has 1 nitrogen and oxygen atoms in total. The van der Waals surface area contributed by atoms with Crippen molar-refractivity contribution < 1.29 is 17.0 Å². The topological polar surface area (TPSA) is 3.24 Å². The molecule has 71 valence electrons. The van der Waals surface area contributed by atoms with Gasteiger partial charge in [0, 0.05) is 0 Å². The van der Waals surface area contributed by atoms with Crippen molar-refractivity contribution in [3.63, 3.8) is 0 Å². The Morgan fingerprint density at radius 3 is 2.86 bits per heavy atom. The van der Waals surface area contributed by atoms with Crippen LogP contribution in [0.5, 0.6) is 0 Å². The predicted octanol–water partition coefficient (Wildman–Crippen LogP) is 2.13. The molecule has 0 fully saturated rings. The first-order chi connectivity index (χ1) is 6.59. The van der Waals surface area contributed by atoms with E-state index in [2.05, 4.69) is 60.6 Å². The van der Waals surface area contributed by atoms with Gasteiger partial charge in [-0.3, -0.25) is 0 Å². The van der Waals surface area contributed by atoms with E-state index < -0.39 is 0 Å². The summed E-state index contributed by atoms with van der Waals surface area (Å²) in [7, 11) is 2.07. The molecule has 1 aliphatic rings. The number of aryl methyl sites for hydroxylation is 1. The van der Waals surface area contributed by atoms with E-state index >= 15 is 0 Å². The number of rotatable bonds is 0. The summed E-state index contributed by atoms with van der Waals surface area (Å²) in [6.07, 6.45) is 1.02. The molecule has 1 heterocycles. The van der Waals surface area contributed by atoms with Crippen LogP contribution in [-0.2, 0) is 23.4 Å².